The van der Waals surface area contributed by atoms with Gasteiger partial charge in [0, 0.05) is 36.8 Å². The van der Waals surface area contributed by atoms with E-state index in [0.717, 1.165) is 60.3 Å². The van der Waals surface area contributed by atoms with Crippen LogP contribution in [0.1, 0.15) is 12.8 Å². The molecule has 3 aromatic rings. The topological polar surface area (TPSA) is 102 Å². The van der Waals surface area contributed by atoms with Crippen LogP contribution in [-0.2, 0) is 4.74 Å². The number of pyridine rings is 1. The van der Waals surface area contributed by atoms with Crippen molar-refractivity contribution in [1.29, 1.82) is 0 Å². The van der Waals surface area contributed by atoms with E-state index in [2.05, 4.69) is 20.1 Å². The van der Waals surface area contributed by atoms with Gasteiger partial charge in [-0.25, -0.2) is 15.0 Å². The number of hydrogen-bond donors (Lipinski definition) is 2. The van der Waals surface area contributed by atoms with Crippen molar-refractivity contribution in [3.63, 3.8) is 0 Å². The molecule has 2 bridgehead atoms. The van der Waals surface area contributed by atoms with Crippen LogP contribution in [0.2, 0.25) is 0 Å². The zero-order valence-corrected chi connectivity index (χ0v) is 17.6. The summed E-state index contributed by atoms with van der Waals surface area (Å²) in [7, 11) is 0. The van der Waals surface area contributed by atoms with E-state index in [1.54, 1.807) is 0 Å². The fourth-order valence-corrected chi connectivity index (χ4v) is 5.51. The molecule has 3 saturated heterocycles. The number of fused-ring (bicyclic) bond motifs is 4. The smallest absolute Gasteiger partial charge is 0.225 e. The predicted molar refractivity (Wildman–Crippen MR) is 120 cm³/mol. The van der Waals surface area contributed by atoms with Gasteiger partial charge in [0.05, 0.1) is 30.8 Å². The first kappa shape index (κ1) is 18.6. The molecular weight excluding hydrogens is 406 g/mol. The summed E-state index contributed by atoms with van der Waals surface area (Å²) in [6.45, 7) is 3.74. The largest absolute Gasteiger partial charge is 0.456 e. The first-order chi connectivity index (χ1) is 15.7. The van der Waals surface area contributed by atoms with Crippen LogP contribution >= 0.6 is 0 Å². The SMILES string of the molecule is NC1Nc2cc(-c3ccc4ncc(N5CC(N6C7CCC6COC7)C5)nc4n3)ccc2O1. The fourth-order valence-electron chi connectivity index (χ4n) is 5.51. The lowest BCUT2D eigenvalue weighted by atomic mass is 10.0. The molecular formula is C23H25N7O2. The molecule has 3 atom stereocenters. The van der Waals surface area contributed by atoms with Crippen LogP contribution in [0.4, 0.5) is 11.5 Å². The second kappa shape index (κ2) is 6.99. The van der Waals surface area contributed by atoms with E-state index < -0.39 is 6.35 Å². The molecule has 0 spiro atoms. The number of morpholine rings is 1. The Morgan fingerprint density at radius 2 is 1.84 bits per heavy atom. The van der Waals surface area contributed by atoms with Gasteiger partial charge in [-0.3, -0.25) is 10.6 Å². The Labute approximate surface area is 185 Å². The first-order valence-electron chi connectivity index (χ1n) is 11.3. The lowest BCUT2D eigenvalue weighted by Crippen LogP contribution is -2.65. The molecule has 7 rings (SSSR count). The number of ether oxygens (including phenoxy) is 2. The Kier molecular flexibility index (Phi) is 4.06. The van der Waals surface area contributed by atoms with Gasteiger partial charge in [0.25, 0.3) is 0 Å². The molecule has 32 heavy (non-hydrogen) atoms. The van der Waals surface area contributed by atoms with Crippen molar-refractivity contribution in [2.24, 2.45) is 5.73 Å². The number of benzene rings is 1. The molecule has 164 valence electrons. The number of hydrogen-bond acceptors (Lipinski definition) is 9. The molecule has 0 saturated carbocycles. The molecule has 4 aliphatic heterocycles. The monoisotopic (exact) mass is 431 g/mol. The first-order valence-corrected chi connectivity index (χ1v) is 11.3. The normalized spacial score (nSPS) is 27.2. The van der Waals surface area contributed by atoms with E-state index in [4.69, 9.17) is 25.2 Å². The minimum Gasteiger partial charge on any atom is -0.456 e. The van der Waals surface area contributed by atoms with E-state index in [1.165, 1.54) is 12.8 Å². The maximum atomic E-state index is 5.81. The van der Waals surface area contributed by atoms with Gasteiger partial charge in [-0.05, 0) is 43.2 Å². The summed E-state index contributed by atoms with van der Waals surface area (Å²) in [6, 6.07) is 11.6. The molecule has 0 radical (unpaired) electrons. The molecule has 1 aromatic carbocycles. The van der Waals surface area contributed by atoms with Crippen LogP contribution in [0.25, 0.3) is 22.4 Å². The van der Waals surface area contributed by atoms with E-state index in [0.29, 0.717) is 23.8 Å². The summed E-state index contributed by atoms with van der Waals surface area (Å²) < 4.78 is 11.2. The van der Waals surface area contributed by atoms with Gasteiger partial charge in [-0.1, -0.05) is 0 Å². The van der Waals surface area contributed by atoms with Gasteiger partial charge in [0.1, 0.15) is 17.1 Å². The van der Waals surface area contributed by atoms with Crippen LogP contribution in [0, 0.1) is 0 Å². The Morgan fingerprint density at radius 3 is 2.69 bits per heavy atom. The lowest BCUT2D eigenvalue weighted by Gasteiger charge is -2.50. The van der Waals surface area contributed by atoms with Crippen molar-refractivity contribution in [3.05, 3.63) is 36.5 Å². The van der Waals surface area contributed by atoms with Crippen molar-refractivity contribution >= 4 is 22.7 Å². The highest BCUT2D eigenvalue weighted by Gasteiger charge is 2.45. The summed E-state index contributed by atoms with van der Waals surface area (Å²) in [5, 5.41) is 3.11. The Bertz CT molecular complexity index is 1180. The third-order valence-corrected chi connectivity index (χ3v) is 7.13. The van der Waals surface area contributed by atoms with Crippen molar-refractivity contribution in [2.45, 2.75) is 37.3 Å². The molecule has 4 aliphatic rings. The van der Waals surface area contributed by atoms with Crippen LogP contribution < -0.4 is 20.7 Å². The van der Waals surface area contributed by atoms with Gasteiger partial charge >= 0.3 is 0 Å². The Morgan fingerprint density at radius 1 is 1.00 bits per heavy atom. The molecule has 9 nitrogen and oxygen atoms in total. The highest BCUT2D eigenvalue weighted by atomic mass is 16.5. The number of nitrogens with two attached hydrogens (primary N) is 1. The van der Waals surface area contributed by atoms with E-state index >= 15 is 0 Å². The maximum Gasteiger partial charge on any atom is 0.225 e. The van der Waals surface area contributed by atoms with Crippen molar-refractivity contribution in [3.8, 4) is 17.0 Å². The molecule has 6 heterocycles. The maximum absolute atomic E-state index is 5.81. The molecule has 2 aromatic heterocycles. The quantitative estimate of drug-likeness (QED) is 0.643. The average Bonchev–Trinajstić information content (AvgIpc) is 3.25. The Balaban J connectivity index is 1.12. The number of aromatic nitrogens is 3. The average molecular weight is 432 g/mol. The minimum atomic E-state index is -0.508. The molecule has 0 aliphatic carbocycles. The standard InChI is InChI=1S/C23H25N7O2/c24-23-27-19-7-13(1-6-20(19)32-23)17-4-5-18-22(26-17)28-21(8-25-18)29-9-16(10-29)30-14-2-3-15(30)12-31-11-14/h1,4-8,14-16,23,27H,2-3,9-12,24H2. The van der Waals surface area contributed by atoms with Gasteiger partial charge in [-0.2, -0.15) is 0 Å². The van der Waals surface area contributed by atoms with Gasteiger partial charge in [0.2, 0.25) is 6.35 Å². The number of rotatable bonds is 3. The second-order valence-corrected chi connectivity index (χ2v) is 9.09. The van der Waals surface area contributed by atoms with E-state index in [1.807, 2.05) is 36.5 Å². The van der Waals surface area contributed by atoms with Gasteiger partial charge in [-0.15, -0.1) is 0 Å². The molecule has 9 heteroatoms. The van der Waals surface area contributed by atoms with Gasteiger partial charge < -0.3 is 19.7 Å². The van der Waals surface area contributed by atoms with Crippen molar-refractivity contribution in [1.82, 2.24) is 19.9 Å². The van der Waals surface area contributed by atoms with Crippen LogP contribution in [-0.4, -0.2) is 70.6 Å². The third-order valence-electron chi connectivity index (χ3n) is 7.13. The van der Waals surface area contributed by atoms with Crippen LogP contribution in [0.3, 0.4) is 0 Å². The predicted octanol–water partition coefficient (Wildman–Crippen LogP) is 1.79. The fraction of sp³-hybridized carbons (Fsp3) is 0.435. The van der Waals surface area contributed by atoms with Crippen molar-refractivity contribution in [2.75, 3.05) is 36.5 Å². The molecule has 3 N–H and O–H groups in total. The highest BCUT2D eigenvalue weighted by molar-refractivity contribution is 5.78. The zero-order valence-electron chi connectivity index (χ0n) is 17.6. The summed E-state index contributed by atoms with van der Waals surface area (Å²) in [5.74, 6) is 1.65. The summed E-state index contributed by atoms with van der Waals surface area (Å²) in [4.78, 5) is 19.3. The molecule has 3 unspecified atom stereocenters. The summed E-state index contributed by atoms with van der Waals surface area (Å²) >= 11 is 0. The summed E-state index contributed by atoms with van der Waals surface area (Å²) in [6.07, 6.45) is 3.89. The van der Waals surface area contributed by atoms with Gasteiger partial charge in [0.15, 0.2) is 5.65 Å². The third kappa shape index (κ3) is 2.92. The number of nitrogens with one attached hydrogen (secondary N) is 1. The highest BCUT2D eigenvalue weighted by Crippen LogP contribution is 2.36. The van der Waals surface area contributed by atoms with Crippen LogP contribution in [0.15, 0.2) is 36.5 Å². The number of anilines is 2. The minimum absolute atomic E-state index is 0.508. The molecule has 3 fully saturated rings. The molecule has 0 amide bonds. The number of nitrogens with zero attached hydrogens (tertiary/aromatic N) is 5. The van der Waals surface area contributed by atoms with Crippen molar-refractivity contribution < 1.29 is 9.47 Å². The zero-order chi connectivity index (χ0) is 21.2. The lowest BCUT2D eigenvalue weighted by molar-refractivity contribution is -0.0417. The second-order valence-electron chi connectivity index (χ2n) is 9.09. The van der Waals surface area contributed by atoms with Crippen LogP contribution in [0.5, 0.6) is 5.75 Å². The Hall–Kier alpha value is -3.01. The van der Waals surface area contributed by atoms with E-state index in [-0.39, 0.29) is 0 Å². The van der Waals surface area contributed by atoms with E-state index in [9.17, 15) is 0 Å². The summed E-state index contributed by atoms with van der Waals surface area (Å²) in [5.41, 5.74) is 9.97.